The largest absolute Gasteiger partial charge is 0.388 e. The molecule has 2 atom stereocenters. The number of β-amino-alcohol motifs (C(OH)–C–C–N with tert-alkyl or cyclic N) is 1. The molecule has 1 aliphatic heterocycles. The molecule has 2 aliphatic rings. The molecule has 0 aromatic carbocycles. The number of aliphatic hydroxyl groups is 1. The van der Waals surface area contributed by atoms with Gasteiger partial charge in [-0.15, -0.1) is 11.3 Å². The van der Waals surface area contributed by atoms with Crippen LogP contribution in [0.2, 0.25) is 0 Å². The van der Waals surface area contributed by atoms with Crippen LogP contribution in [0.25, 0.3) is 0 Å². The quantitative estimate of drug-likeness (QED) is 0.870. The predicted molar refractivity (Wildman–Crippen MR) is 64.6 cm³/mol. The Morgan fingerprint density at radius 1 is 1.62 bits per heavy atom. The first-order chi connectivity index (χ1) is 7.66. The zero-order valence-electron chi connectivity index (χ0n) is 9.59. The molecule has 4 heteroatoms. The second kappa shape index (κ2) is 3.79. The SMILES string of the molecule is CC1CC(O)(Cc2nccs2)CN1C1CC1. The summed E-state index contributed by atoms with van der Waals surface area (Å²) in [4.78, 5) is 6.76. The zero-order chi connectivity index (χ0) is 11.2. The van der Waals surface area contributed by atoms with Gasteiger partial charge in [0.2, 0.25) is 0 Å². The fourth-order valence-corrected chi connectivity index (χ4v) is 3.62. The van der Waals surface area contributed by atoms with Gasteiger partial charge in [0.15, 0.2) is 0 Å². The van der Waals surface area contributed by atoms with E-state index in [1.165, 1.54) is 12.8 Å². The van der Waals surface area contributed by atoms with Crippen LogP contribution in [0.5, 0.6) is 0 Å². The number of nitrogens with zero attached hydrogens (tertiary/aromatic N) is 2. The Morgan fingerprint density at radius 3 is 3.06 bits per heavy atom. The van der Waals surface area contributed by atoms with Gasteiger partial charge in [-0.25, -0.2) is 4.98 Å². The maximum atomic E-state index is 10.6. The molecule has 2 unspecified atom stereocenters. The lowest BCUT2D eigenvalue weighted by Gasteiger charge is -2.22. The maximum absolute atomic E-state index is 10.6. The minimum absolute atomic E-state index is 0.525. The van der Waals surface area contributed by atoms with Gasteiger partial charge in [0.25, 0.3) is 0 Å². The molecule has 0 spiro atoms. The maximum Gasteiger partial charge on any atom is 0.0954 e. The Morgan fingerprint density at radius 2 is 2.44 bits per heavy atom. The van der Waals surface area contributed by atoms with E-state index < -0.39 is 5.60 Å². The molecule has 1 saturated carbocycles. The van der Waals surface area contributed by atoms with Crippen molar-refractivity contribution in [3.63, 3.8) is 0 Å². The molecule has 88 valence electrons. The molecule has 3 nitrogen and oxygen atoms in total. The minimum Gasteiger partial charge on any atom is -0.388 e. The lowest BCUT2D eigenvalue weighted by atomic mass is 9.97. The average molecular weight is 238 g/mol. The molecule has 1 N–H and O–H groups in total. The third kappa shape index (κ3) is 2.01. The van der Waals surface area contributed by atoms with E-state index in [-0.39, 0.29) is 0 Å². The molecular weight excluding hydrogens is 220 g/mol. The molecule has 2 fully saturated rings. The number of hydrogen-bond acceptors (Lipinski definition) is 4. The summed E-state index contributed by atoms with van der Waals surface area (Å²) in [6, 6.07) is 1.28. The van der Waals surface area contributed by atoms with Crippen molar-refractivity contribution in [3.8, 4) is 0 Å². The van der Waals surface area contributed by atoms with Gasteiger partial charge in [-0.2, -0.15) is 0 Å². The molecule has 3 rings (SSSR count). The Hall–Kier alpha value is -0.450. The highest BCUT2D eigenvalue weighted by Gasteiger charge is 2.46. The van der Waals surface area contributed by atoms with Crippen LogP contribution in [0.4, 0.5) is 0 Å². The van der Waals surface area contributed by atoms with E-state index in [0.29, 0.717) is 6.04 Å². The fourth-order valence-electron chi connectivity index (χ4n) is 2.87. The van der Waals surface area contributed by atoms with Crippen molar-refractivity contribution in [2.24, 2.45) is 0 Å². The van der Waals surface area contributed by atoms with Crippen LogP contribution >= 0.6 is 11.3 Å². The third-order valence-electron chi connectivity index (χ3n) is 3.70. The van der Waals surface area contributed by atoms with Crippen molar-refractivity contribution >= 4 is 11.3 Å². The van der Waals surface area contributed by atoms with Gasteiger partial charge in [0, 0.05) is 36.6 Å². The van der Waals surface area contributed by atoms with Crippen LogP contribution in [-0.2, 0) is 6.42 Å². The van der Waals surface area contributed by atoms with E-state index in [9.17, 15) is 5.11 Å². The number of hydrogen-bond donors (Lipinski definition) is 1. The monoisotopic (exact) mass is 238 g/mol. The summed E-state index contributed by atoms with van der Waals surface area (Å²) in [5.74, 6) is 0. The summed E-state index contributed by atoms with van der Waals surface area (Å²) in [6.07, 6.45) is 6.07. The van der Waals surface area contributed by atoms with Gasteiger partial charge >= 0.3 is 0 Å². The first-order valence-corrected chi connectivity index (χ1v) is 6.91. The molecule has 0 radical (unpaired) electrons. The standard InChI is InChI=1S/C12H18N2OS/c1-9-6-12(15,7-11-13-4-5-16-11)8-14(9)10-2-3-10/h4-5,9-10,15H,2-3,6-8H2,1H3. The van der Waals surface area contributed by atoms with Crippen molar-refractivity contribution in [2.75, 3.05) is 6.54 Å². The van der Waals surface area contributed by atoms with E-state index >= 15 is 0 Å². The van der Waals surface area contributed by atoms with Crippen LogP contribution in [0, 0.1) is 0 Å². The second-order valence-electron chi connectivity index (χ2n) is 5.28. The molecule has 0 bridgehead atoms. The zero-order valence-corrected chi connectivity index (χ0v) is 10.4. The highest BCUT2D eigenvalue weighted by molar-refractivity contribution is 7.09. The summed E-state index contributed by atoms with van der Waals surface area (Å²) in [7, 11) is 0. The van der Waals surface area contributed by atoms with Crippen LogP contribution < -0.4 is 0 Å². The van der Waals surface area contributed by atoms with Crippen LogP contribution in [0.3, 0.4) is 0 Å². The first kappa shape index (κ1) is 10.7. The molecule has 1 aromatic rings. The molecule has 1 aliphatic carbocycles. The van der Waals surface area contributed by atoms with Gasteiger partial charge in [-0.05, 0) is 26.2 Å². The van der Waals surface area contributed by atoms with Crippen molar-refractivity contribution in [2.45, 2.75) is 50.3 Å². The van der Waals surface area contributed by atoms with Crippen molar-refractivity contribution < 1.29 is 5.11 Å². The van der Waals surface area contributed by atoms with E-state index in [2.05, 4.69) is 16.8 Å². The summed E-state index contributed by atoms with van der Waals surface area (Å²) in [5, 5.41) is 13.6. The minimum atomic E-state index is -0.542. The van der Waals surface area contributed by atoms with Gasteiger partial charge in [0.1, 0.15) is 0 Å². The molecule has 0 amide bonds. The van der Waals surface area contributed by atoms with E-state index in [1.807, 2.05) is 11.6 Å². The van der Waals surface area contributed by atoms with Crippen molar-refractivity contribution in [3.05, 3.63) is 16.6 Å². The van der Waals surface area contributed by atoms with E-state index in [4.69, 9.17) is 0 Å². The first-order valence-electron chi connectivity index (χ1n) is 6.03. The number of likely N-dealkylation sites (tertiary alicyclic amines) is 1. The Kier molecular flexibility index (Phi) is 2.53. The third-order valence-corrected chi connectivity index (χ3v) is 4.48. The highest BCUT2D eigenvalue weighted by Crippen LogP contribution is 2.38. The molecule has 1 aromatic heterocycles. The Labute approximate surface area is 100 Å². The molecule has 16 heavy (non-hydrogen) atoms. The smallest absolute Gasteiger partial charge is 0.0954 e. The molecule has 1 saturated heterocycles. The second-order valence-corrected chi connectivity index (χ2v) is 6.26. The molecular formula is C12H18N2OS. The van der Waals surface area contributed by atoms with Crippen molar-refractivity contribution in [1.29, 1.82) is 0 Å². The average Bonchev–Trinajstić information content (AvgIpc) is 2.86. The Balaban J connectivity index is 1.69. The van der Waals surface area contributed by atoms with Crippen LogP contribution in [0.15, 0.2) is 11.6 Å². The van der Waals surface area contributed by atoms with Crippen LogP contribution in [0.1, 0.15) is 31.2 Å². The van der Waals surface area contributed by atoms with Gasteiger partial charge < -0.3 is 5.11 Å². The fraction of sp³-hybridized carbons (Fsp3) is 0.750. The molecule has 2 heterocycles. The number of aromatic nitrogens is 1. The topological polar surface area (TPSA) is 36.4 Å². The van der Waals surface area contributed by atoms with E-state index in [0.717, 1.165) is 30.4 Å². The van der Waals surface area contributed by atoms with Crippen LogP contribution in [-0.4, -0.2) is 39.2 Å². The number of rotatable bonds is 3. The lowest BCUT2D eigenvalue weighted by Crippen LogP contribution is -2.36. The summed E-state index contributed by atoms with van der Waals surface area (Å²) in [6.45, 7) is 3.07. The van der Waals surface area contributed by atoms with E-state index in [1.54, 1.807) is 11.3 Å². The van der Waals surface area contributed by atoms with Gasteiger partial charge in [-0.3, -0.25) is 4.90 Å². The van der Waals surface area contributed by atoms with Crippen molar-refractivity contribution in [1.82, 2.24) is 9.88 Å². The van der Waals surface area contributed by atoms with Gasteiger partial charge in [0.05, 0.1) is 10.6 Å². The lowest BCUT2D eigenvalue weighted by molar-refractivity contribution is 0.0486. The summed E-state index contributed by atoms with van der Waals surface area (Å²) >= 11 is 1.65. The normalized spacial score (nSPS) is 35.8. The highest BCUT2D eigenvalue weighted by atomic mass is 32.1. The summed E-state index contributed by atoms with van der Waals surface area (Å²) in [5.41, 5.74) is -0.542. The Bertz CT molecular complexity index is 363. The number of thiazole rings is 1. The summed E-state index contributed by atoms with van der Waals surface area (Å²) < 4.78 is 0. The van der Waals surface area contributed by atoms with Gasteiger partial charge in [-0.1, -0.05) is 0 Å². The predicted octanol–water partition coefficient (Wildman–Crippen LogP) is 1.67.